The summed E-state index contributed by atoms with van der Waals surface area (Å²) in [6.07, 6.45) is 10.6. The molecule has 0 aliphatic heterocycles. The molecule has 5 aliphatic carbocycles. The molecule has 4 fully saturated rings. The van der Waals surface area contributed by atoms with Crippen LogP contribution in [-0.2, 0) is 4.79 Å². The Morgan fingerprint density at radius 1 is 0.926 bits per heavy atom. The fourth-order valence-corrected chi connectivity index (χ4v) is 14.0. The van der Waals surface area contributed by atoms with Gasteiger partial charge in [0.25, 0.3) is 0 Å². The molecule has 1 unspecified atom stereocenters. The predicted octanol–water partition coefficient (Wildman–Crippen LogP) is 10.1. The number of Topliss-reactive ketones (excluding diaryl/α,β-unsaturated/α-hetero) is 1. The summed E-state index contributed by atoms with van der Waals surface area (Å²) >= 11 is 0. The number of allylic oxidation sites excluding steroid dienone is 3. The molecule has 0 radical (unpaired) electrons. The lowest BCUT2D eigenvalue weighted by molar-refractivity contribution is -0.225. The minimum atomic E-state index is -1.41. The Labute approximate surface area is 324 Å². The van der Waals surface area contributed by atoms with E-state index in [1.807, 2.05) is 12.1 Å². The summed E-state index contributed by atoms with van der Waals surface area (Å²) in [5, 5.41) is 14.2. The number of ketones is 1. The first kappa shape index (κ1) is 39.2. The van der Waals surface area contributed by atoms with Crippen molar-refractivity contribution in [1.82, 2.24) is 10.2 Å². The Hall–Kier alpha value is -3.09. The van der Waals surface area contributed by atoms with Crippen molar-refractivity contribution < 1.29 is 19.1 Å². The van der Waals surface area contributed by atoms with Gasteiger partial charge >= 0.3 is 0 Å². The molecule has 0 bridgehead atoms. The standard InChI is InChI=1S/C48H65FN2O3/c1-30(2)33-19-24-48(43(54)50-27-28-51(8)9)26-25-46(6)36(40(33)48)17-18-39-45(5)22-20-35(44(3,4)38(45)21-23-47(39,46)7)32-15-16-34(37(49)29-32)42(53)41(52)31-13-11-10-12-14-31/h10-16,20,29,33,36,38-41,52H,1,17-19,21-28H2,2-9H3,(H,50,54)/t33-,36+,38-,39+,40+,41?,45-,46+,47+,48-/m0/s1. The number of halogens is 1. The van der Waals surface area contributed by atoms with Crippen LogP contribution in [0.2, 0.25) is 0 Å². The summed E-state index contributed by atoms with van der Waals surface area (Å²) in [5.74, 6) is 1.27. The van der Waals surface area contributed by atoms with Gasteiger partial charge < -0.3 is 15.3 Å². The SMILES string of the molecule is C=C(C)[C@@H]1CC[C@]2(C(=O)NCCN(C)C)CC[C@]3(C)[C@H](CC[C@@H]4[C@@]5(C)CC=C(c6ccc(C(=O)C(O)c7ccccc7)c(F)c6)C(C)(C)[C@@H]5CC[C@]43C)[C@@H]12. The molecule has 6 heteroatoms. The lowest BCUT2D eigenvalue weighted by Gasteiger charge is -2.72. The number of hydrogen-bond acceptors (Lipinski definition) is 4. The molecule has 5 nitrogen and oxygen atoms in total. The Balaban J connectivity index is 1.17. The highest BCUT2D eigenvalue weighted by atomic mass is 19.1. The molecule has 0 saturated heterocycles. The van der Waals surface area contributed by atoms with Crippen LogP contribution in [0.25, 0.3) is 5.57 Å². The zero-order valence-electron chi connectivity index (χ0n) is 34.2. The first-order chi connectivity index (χ1) is 25.4. The maximum Gasteiger partial charge on any atom is 0.226 e. The third-order valence-electron chi connectivity index (χ3n) is 16.9. The van der Waals surface area contributed by atoms with Gasteiger partial charge in [0, 0.05) is 13.1 Å². The number of fused-ring (bicyclic) bond motifs is 7. The third kappa shape index (κ3) is 5.82. The number of nitrogens with one attached hydrogen (secondary N) is 1. The zero-order valence-corrected chi connectivity index (χ0v) is 34.2. The number of benzene rings is 2. The number of hydrogen-bond donors (Lipinski definition) is 2. The molecule has 0 spiro atoms. The van der Waals surface area contributed by atoms with Crippen LogP contribution in [0.1, 0.15) is 127 Å². The number of amides is 1. The molecule has 0 aromatic heterocycles. The van der Waals surface area contributed by atoms with Crippen LogP contribution in [-0.4, -0.2) is 48.9 Å². The fourth-order valence-electron chi connectivity index (χ4n) is 14.0. The van der Waals surface area contributed by atoms with Gasteiger partial charge in [-0.15, -0.1) is 0 Å². The molecular weight excluding hydrogens is 672 g/mol. The highest BCUT2D eigenvalue weighted by molar-refractivity contribution is 6.00. The quantitative estimate of drug-likeness (QED) is 0.199. The smallest absolute Gasteiger partial charge is 0.226 e. The average Bonchev–Trinajstić information content (AvgIpc) is 3.53. The van der Waals surface area contributed by atoms with E-state index in [1.165, 1.54) is 18.1 Å². The predicted molar refractivity (Wildman–Crippen MR) is 216 cm³/mol. The number of carbonyl (C=O) groups excluding carboxylic acids is 2. The van der Waals surface area contributed by atoms with Crippen LogP contribution in [0.3, 0.4) is 0 Å². The van der Waals surface area contributed by atoms with Gasteiger partial charge in [-0.1, -0.05) is 89.2 Å². The second-order valence-electron chi connectivity index (χ2n) is 19.8. The summed E-state index contributed by atoms with van der Waals surface area (Å²) in [4.78, 5) is 29.6. The van der Waals surface area contributed by atoms with Crippen molar-refractivity contribution in [3.63, 3.8) is 0 Å². The van der Waals surface area contributed by atoms with Crippen molar-refractivity contribution in [2.45, 2.75) is 105 Å². The van der Waals surface area contributed by atoms with E-state index in [9.17, 15) is 14.7 Å². The molecular formula is C48H65FN2O3. The first-order valence-corrected chi connectivity index (χ1v) is 20.8. The van der Waals surface area contributed by atoms with Gasteiger partial charge in [0.2, 0.25) is 5.91 Å². The number of aliphatic hydroxyl groups excluding tert-OH is 1. The average molecular weight is 737 g/mol. The Morgan fingerprint density at radius 2 is 1.65 bits per heavy atom. The van der Waals surface area contributed by atoms with Crippen LogP contribution < -0.4 is 5.32 Å². The molecule has 7 rings (SSSR count). The molecule has 1 amide bonds. The van der Waals surface area contributed by atoms with Crippen molar-refractivity contribution in [3.8, 4) is 0 Å². The summed E-state index contributed by atoms with van der Waals surface area (Å²) in [7, 11) is 4.12. The van der Waals surface area contributed by atoms with Gasteiger partial charge in [-0.2, -0.15) is 0 Å². The summed E-state index contributed by atoms with van der Waals surface area (Å²) < 4.78 is 15.8. The Bertz CT molecular complexity index is 1830. The van der Waals surface area contributed by atoms with Gasteiger partial charge in [0.15, 0.2) is 5.78 Å². The number of aliphatic hydroxyl groups is 1. The largest absolute Gasteiger partial charge is 0.380 e. The van der Waals surface area contributed by atoms with Crippen molar-refractivity contribution in [2.75, 3.05) is 27.2 Å². The van der Waals surface area contributed by atoms with E-state index in [0.29, 0.717) is 41.7 Å². The monoisotopic (exact) mass is 736 g/mol. The Kier molecular flexibility index (Phi) is 10.0. The second-order valence-corrected chi connectivity index (χ2v) is 19.8. The van der Waals surface area contributed by atoms with E-state index in [-0.39, 0.29) is 38.5 Å². The maximum absolute atomic E-state index is 15.8. The fraction of sp³-hybridized carbons (Fsp3) is 0.625. The lowest BCUT2D eigenvalue weighted by Crippen LogP contribution is -2.66. The normalized spacial score (nSPS) is 37.2. The maximum atomic E-state index is 15.8. The zero-order chi connectivity index (χ0) is 39.0. The van der Waals surface area contributed by atoms with Crippen LogP contribution in [0.15, 0.2) is 66.8 Å². The molecule has 292 valence electrons. The summed E-state index contributed by atoms with van der Waals surface area (Å²) in [6.45, 7) is 20.8. The van der Waals surface area contributed by atoms with E-state index in [1.54, 1.807) is 30.3 Å². The van der Waals surface area contributed by atoms with Gasteiger partial charge in [-0.25, -0.2) is 4.39 Å². The topological polar surface area (TPSA) is 69.6 Å². The van der Waals surface area contributed by atoms with E-state index in [4.69, 9.17) is 0 Å². The summed E-state index contributed by atoms with van der Waals surface area (Å²) in [6, 6.07) is 13.7. The molecule has 4 saturated carbocycles. The minimum absolute atomic E-state index is 0.0775. The summed E-state index contributed by atoms with van der Waals surface area (Å²) in [5.41, 5.74) is 3.48. The molecule has 0 heterocycles. The minimum Gasteiger partial charge on any atom is -0.380 e. The van der Waals surface area contributed by atoms with E-state index in [2.05, 4.69) is 78.5 Å². The van der Waals surface area contributed by atoms with E-state index >= 15 is 4.39 Å². The highest BCUT2D eigenvalue weighted by Gasteiger charge is 2.71. The van der Waals surface area contributed by atoms with E-state index in [0.717, 1.165) is 69.0 Å². The number of likely N-dealkylation sites (N-methyl/N-ethyl adjacent to an activating group) is 1. The van der Waals surface area contributed by atoms with E-state index < -0.39 is 17.7 Å². The van der Waals surface area contributed by atoms with Gasteiger partial charge in [0.05, 0.1) is 11.0 Å². The molecule has 2 aromatic carbocycles. The molecule has 54 heavy (non-hydrogen) atoms. The highest BCUT2D eigenvalue weighted by Crippen LogP contribution is 2.77. The van der Waals surface area contributed by atoms with Crippen LogP contribution in [0.5, 0.6) is 0 Å². The van der Waals surface area contributed by atoms with Crippen molar-refractivity contribution >= 4 is 17.3 Å². The molecule has 10 atom stereocenters. The third-order valence-corrected chi connectivity index (χ3v) is 16.9. The lowest BCUT2D eigenvalue weighted by atomic mass is 9.32. The van der Waals surface area contributed by atoms with Gasteiger partial charge in [-0.05, 0) is 159 Å². The Morgan fingerprint density at radius 3 is 2.31 bits per heavy atom. The van der Waals surface area contributed by atoms with Crippen molar-refractivity contribution in [2.24, 2.45) is 56.7 Å². The van der Waals surface area contributed by atoms with Crippen LogP contribution in [0.4, 0.5) is 4.39 Å². The first-order valence-electron chi connectivity index (χ1n) is 20.8. The van der Waals surface area contributed by atoms with Crippen LogP contribution >= 0.6 is 0 Å². The van der Waals surface area contributed by atoms with Crippen molar-refractivity contribution in [1.29, 1.82) is 0 Å². The second kappa shape index (κ2) is 13.8. The number of nitrogens with zero attached hydrogens (tertiary/aromatic N) is 1. The molecule has 5 aliphatic rings. The van der Waals surface area contributed by atoms with Gasteiger partial charge in [-0.3, -0.25) is 9.59 Å². The molecule has 2 N–H and O–H groups in total. The number of rotatable bonds is 9. The van der Waals surface area contributed by atoms with Crippen molar-refractivity contribution in [3.05, 3.63) is 89.3 Å². The molecule has 2 aromatic rings. The van der Waals surface area contributed by atoms with Crippen LogP contribution in [0, 0.1) is 62.5 Å². The number of carbonyl (C=O) groups is 2. The van der Waals surface area contributed by atoms with Gasteiger partial charge in [0.1, 0.15) is 11.9 Å².